The molecule has 2 aliphatic rings. The maximum atomic E-state index is 13.6. The number of carboxylic acid groups (broad SMARTS) is 1. The third-order valence-electron chi connectivity index (χ3n) is 8.32. The molecule has 10 heteroatoms. The zero-order valence-electron chi connectivity index (χ0n) is 22.0. The summed E-state index contributed by atoms with van der Waals surface area (Å²) in [5, 5.41) is 15.8. The number of rotatable bonds is 9. The van der Waals surface area contributed by atoms with Gasteiger partial charge >= 0.3 is 12.0 Å². The molecule has 206 valence electrons. The highest BCUT2D eigenvalue weighted by Crippen LogP contribution is 2.46. The van der Waals surface area contributed by atoms with Gasteiger partial charge in [0.2, 0.25) is 5.91 Å². The summed E-state index contributed by atoms with van der Waals surface area (Å²) in [5.74, 6) is -1.24. The van der Waals surface area contributed by atoms with Crippen LogP contribution in [0.3, 0.4) is 0 Å². The fourth-order valence-electron chi connectivity index (χ4n) is 5.99. The fourth-order valence-corrected chi connectivity index (χ4v) is 5.99. The smallest absolute Gasteiger partial charge is 0.315 e. The standard InChI is InChI=1S/C28H38FN5O4/c1-33-19-30-18-23(33)11-14-31-27(38)32-24(17-20-7-9-22(29)10-8-20)25(35)34-15-12-28(13-16-34,26(36)37)21-5-3-2-4-6-21/h7-10,18-19,21,24H,2-6,11-17H2,1H3,(H,36,37)(H2,31,32,38). The molecule has 1 aromatic carbocycles. The number of carbonyl (C=O) groups excluding carboxylic acids is 2. The van der Waals surface area contributed by atoms with Crippen molar-refractivity contribution in [1.82, 2.24) is 25.1 Å². The molecule has 38 heavy (non-hydrogen) atoms. The van der Waals surface area contributed by atoms with Gasteiger partial charge in [-0.25, -0.2) is 14.2 Å². The lowest BCUT2D eigenvalue weighted by molar-refractivity contribution is -0.160. The second kappa shape index (κ2) is 12.4. The van der Waals surface area contributed by atoms with Crippen molar-refractivity contribution in [3.05, 3.63) is 53.9 Å². The predicted octanol–water partition coefficient (Wildman–Crippen LogP) is 3.29. The van der Waals surface area contributed by atoms with Crippen molar-refractivity contribution in [2.75, 3.05) is 19.6 Å². The summed E-state index contributed by atoms with van der Waals surface area (Å²) in [5.41, 5.74) is 0.900. The highest BCUT2D eigenvalue weighted by molar-refractivity contribution is 5.87. The Labute approximate surface area is 222 Å². The molecule has 0 spiro atoms. The van der Waals surface area contributed by atoms with Crippen molar-refractivity contribution in [3.8, 4) is 0 Å². The molecule has 1 aliphatic heterocycles. The summed E-state index contributed by atoms with van der Waals surface area (Å²) in [6.07, 6.45) is 10.2. The Kier molecular flexibility index (Phi) is 9.01. The number of aliphatic carboxylic acids is 1. The number of hydrogen-bond acceptors (Lipinski definition) is 4. The Bertz CT molecular complexity index is 1100. The molecule has 1 saturated carbocycles. The van der Waals surface area contributed by atoms with E-state index in [0.717, 1.165) is 43.4 Å². The van der Waals surface area contributed by atoms with Gasteiger partial charge in [0.1, 0.15) is 11.9 Å². The number of likely N-dealkylation sites (tertiary alicyclic amines) is 1. The van der Waals surface area contributed by atoms with Crippen LogP contribution in [0.15, 0.2) is 36.8 Å². The molecule has 2 heterocycles. The molecule has 4 rings (SSSR count). The van der Waals surface area contributed by atoms with Gasteiger partial charge in [-0.1, -0.05) is 31.4 Å². The topological polar surface area (TPSA) is 117 Å². The quantitative estimate of drug-likeness (QED) is 0.463. The van der Waals surface area contributed by atoms with Crippen LogP contribution in [0, 0.1) is 17.2 Å². The average molecular weight is 528 g/mol. The van der Waals surface area contributed by atoms with Crippen LogP contribution in [0.2, 0.25) is 0 Å². The summed E-state index contributed by atoms with van der Waals surface area (Å²) in [6.45, 7) is 1.05. The van der Waals surface area contributed by atoms with Crippen molar-refractivity contribution in [2.45, 2.75) is 63.8 Å². The Morgan fingerprint density at radius 2 is 1.82 bits per heavy atom. The summed E-state index contributed by atoms with van der Waals surface area (Å²) in [7, 11) is 1.88. The highest BCUT2D eigenvalue weighted by atomic mass is 19.1. The third-order valence-corrected chi connectivity index (χ3v) is 8.32. The van der Waals surface area contributed by atoms with Gasteiger partial charge in [-0.05, 0) is 49.3 Å². The van der Waals surface area contributed by atoms with Gasteiger partial charge in [0, 0.05) is 51.4 Å². The molecule has 1 aromatic heterocycles. The molecular formula is C28H38FN5O4. The monoisotopic (exact) mass is 527 g/mol. The average Bonchev–Trinajstić information content (AvgIpc) is 3.34. The van der Waals surface area contributed by atoms with E-state index in [2.05, 4.69) is 15.6 Å². The van der Waals surface area contributed by atoms with Gasteiger partial charge in [-0.3, -0.25) is 9.59 Å². The first-order chi connectivity index (χ1) is 18.3. The Hall–Kier alpha value is -3.43. The summed E-state index contributed by atoms with van der Waals surface area (Å²) in [6, 6.07) is 4.54. The normalized spacial score (nSPS) is 18.5. The number of aromatic nitrogens is 2. The number of carboxylic acids is 1. The van der Waals surface area contributed by atoms with E-state index in [1.165, 1.54) is 12.1 Å². The van der Waals surface area contributed by atoms with Gasteiger partial charge in [0.15, 0.2) is 0 Å². The van der Waals surface area contributed by atoms with Crippen molar-refractivity contribution < 1.29 is 23.9 Å². The van der Waals surface area contributed by atoms with E-state index in [4.69, 9.17) is 0 Å². The van der Waals surface area contributed by atoms with E-state index < -0.39 is 23.5 Å². The highest BCUT2D eigenvalue weighted by Gasteiger charge is 2.48. The molecule has 2 fully saturated rings. The largest absolute Gasteiger partial charge is 0.481 e. The number of aryl methyl sites for hydroxylation is 1. The number of urea groups is 1. The molecular weight excluding hydrogens is 489 g/mol. The molecule has 0 radical (unpaired) electrons. The molecule has 3 N–H and O–H groups in total. The number of carbonyl (C=O) groups is 3. The second-order valence-electron chi connectivity index (χ2n) is 10.7. The summed E-state index contributed by atoms with van der Waals surface area (Å²) >= 11 is 0. The maximum absolute atomic E-state index is 13.6. The lowest BCUT2D eigenvalue weighted by Crippen LogP contribution is -2.56. The number of nitrogens with zero attached hydrogens (tertiary/aromatic N) is 3. The van der Waals surface area contributed by atoms with E-state index in [1.54, 1.807) is 29.6 Å². The van der Waals surface area contributed by atoms with Gasteiger partial charge < -0.3 is 25.2 Å². The van der Waals surface area contributed by atoms with Gasteiger partial charge in [0.25, 0.3) is 0 Å². The van der Waals surface area contributed by atoms with Crippen LogP contribution in [0.5, 0.6) is 0 Å². The van der Waals surface area contributed by atoms with Crippen molar-refractivity contribution in [1.29, 1.82) is 0 Å². The number of halogens is 1. The first-order valence-corrected chi connectivity index (χ1v) is 13.5. The molecule has 9 nitrogen and oxygen atoms in total. The van der Waals surface area contributed by atoms with Crippen LogP contribution in [0.4, 0.5) is 9.18 Å². The third kappa shape index (κ3) is 6.52. The Morgan fingerprint density at radius 3 is 2.42 bits per heavy atom. The molecule has 0 bridgehead atoms. The van der Waals surface area contributed by atoms with Crippen molar-refractivity contribution in [3.63, 3.8) is 0 Å². The van der Waals surface area contributed by atoms with E-state index in [-0.39, 0.29) is 24.1 Å². The van der Waals surface area contributed by atoms with E-state index in [1.807, 2.05) is 11.6 Å². The molecule has 1 aliphatic carbocycles. The predicted molar refractivity (Wildman–Crippen MR) is 140 cm³/mol. The molecule has 3 amide bonds. The number of piperidine rings is 1. The van der Waals surface area contributed by atoms with E-state index >= 15 is 0 Å². The zero-order chi connectivity index (χ0) is 27.1. The Balaban J connectivity index is 1.40. The number of benzene rings is 1. The number of amides is 3. The van der Waals surface area contributed by atoms with Crippen LogP contribution in [-0.2, 0) is 29.5 Å². The lowest BCUT2D eigenvalue weighted by atomic mass is 9.64. The summed E-state index contributed by atoms with van der Waals surface area (Å²) < 4.78 is 15.3. The van der Waals surface area contributed by atoms with Crippen LogP contribution >= 0.6 is 0 Å². The molecule has 1 unspecified atom stereocenters. The number of imidazole rings is 1. The summed E-state index contributed by atoms with van der Waals surface area (Å²) in [4.78, 5) is 44.5. The van der Waals surface area contributed by atoms with Crippen LogP contribution in [0.1, 0.15) is 56.2 Å². The molecule has 2 aromatic rings. The van der Waals surface area contributed by atoms with Gasteiger partial charge in [-0.15, -0.1) is 0 Å². The van der Waals surface area contributed by atoms with Crippen LogP contribution in [-0.4, -0.2) is 63.1 Å². The maximum Gasteiger partial charge on any atom is 0.315 e. The minimum absolute atomic E-state index is 0.143. The van der Waals surface area contributed by atoms with Crippen LogP contribution in [0.25, 0.3) is 0 Å². The SMILES string of the molecule is Cn1cncc1CCNC(=O)NC(Cc1ccc(F)cc1)C(=O)N1CCC(C(=O)O)(C2CCCCC2)CC1. The first kappa shape index (κ1) is 27.6. The number of nitrogens with one attached hydrogen (secondary N) is 2. The van der Waals surface area contributed by atoms with Crippen molar-refractivity contribution >= 4 is 17.9 Å². The Morgan fingerprint density at radius 1 is 1.13 bits per heavy atom. The second-order valence-corrected chi connectivity index (χ2v) is 10.7. The minimum Gasteiger partial charge on any atom is -0.481 e. The fraction of sp³-hybridized carbons (Fsp3) is 0.571. The van der Waals surface area contributed by atoms with E-state index in [0.29, 0.717) is 38.9 Å². The van der Waals surface area contributed by atoms with Gasteiger partial charge in [0.05, 0.1) is 11.7 Å². The zero-order valence-corrected chi connectivity index (χ0v) is 22.0. The first-order valence-electron chi connectivity index (χ1n) is 13.5. The lowest BCUT2D eigenvalue weighted by Gasteiger charge is -2.45. The minimum atomic E-state index is -0.857. The van der Waals surface area contributed by atoms with E-state index in [9.17, 15) is 23.9 Å². The molecule has 1 atom stereocenters. The molecule has 1 saturated heterocycles. The van der Waals surface area contributed by atoms with Gasteiger partial charge in [-0.2, -0.15) is 0 Å². The number of hydrogen-bond donors (Lipinski definition) is 3. The van der Waals surface area contributed by atoms with Crippen LogP contribution < -0.4 is 10.6 Å². The van der Waals surface area contributed by atoms with Crippen molar-refractivity contribution in [2.24, 2.45) is 18.4 Å².